The van der Waals surface area contributed by atoms with Crippen molar-refractivity contribution in [2.24, 2.45) is 5.92 Å². The maximum absolute atomic E-state index is 12.0. The second-order valence-electron chi connectivity index (χ2n) is 7.73. The molecule has 2 rings (SSSR count). The van der Waals surface area contributed by atoms with Gasteiger partial charge in [-0.25, -0.2) is 4.79 Å². The van der Waals surface area contributed by atoms with Crippen molar-refractivity contribution in [2.45, 2.75) is 58.7 Å². The van der Waals surface area contributed by atoms with Crippen molar-refractivity contribution in [2.75, 3.05) is 39.3 Å². The van der Waals surface area contributed by atoms with Gasteiger partial charge in [0, 0.05) is 39.3 Å². The van der Waals surface area contributed by atoms with E-state index in [1.54, 1.807) is 0 Å². The van der Waals surface area contributed by atoms with E-state index in [1.807, 2.05) is 25.7 Å². The molecule has 0 N–H and O–H groups in total. The third kappa shape index (κ3) is 5.76. The number of hydrogen-bond acceptors (Lipinski definition) is 4. The first-order chi connectivity index (χ1) is 10.3. The van der Waals surface area contributed by atoms with Crippen molar-refractivity contribution < 1.29 is 14.3 Å². The molecule has 128 valence electrons. The Kier molecular flexibility index (Phi) is 6.09. The summed E-state index contributed by atoms with van der Waals surface area (Å²) in [5, 5.41) is 0. The lowest BCUT2D eigenvalue weighted by Crippen LogP contribution is -2.50. The van der Waals surface area contributed by atoms with E-state index in [9.17, 15) is 4.79 Å². The molecule has 0 radical (unpaired) electrons. The van der Waals surface area contributed by atoms with Gasteiger partial charge in [-0.2, -0.15) is 0 Å². The van der Waals surface area contributed by atoms with Crippen molar-refractivity contribution in [1.29, 1.82) is 0 Å². The number of ether oxygens (including phenoxy) is 2. The lowest BCUT2D eigenvalue weighted by Gasteiger charge is -2.36. The second kappa shape index (κ2) is 7.64. The number of piperazine rings is 1. The van der Waals surface area contributed by atoms with E-state index < -0.39 is 5.60 Å². The lowest BCUT2D eigenvalue weighted by molar-refractivity contribution is -0.0295. The summed E-state index contributed by atoms with van der Waals surface area (Å²) in [6, 6.07) is 0. The molecule has 1 saturated carbocycles. The molecule has 0 unspecified atom stereocenters. The molecule has 2 fully saturated rings. The highest BCUT2D eigenvalue weighted by atomic mass is 16.6. The molecule has 1 aliphatic heterocycles. The lowest BCUT2D eigenvalue weighted by atomic mass is 9.84. The van der Waals surface area contributed by atoms with Crippen LogP contribution >= 0.6 is 0 Å². The highest BCUT2D eigenvalue weighted by molar-refractivity contribution is 5.68. The molecule has 0 aromatic carbocycles. The van der Waals surface area contributed by atoms with Gasteiger partial charge in [-0.15, -0.1) is 0 Å². The van der Waals surface area contributed by atoms with Gasteiger partial charge < -0.3 is 14.4 Å². The van der Waals surface area contributed by atoms with E-state index in [4.69, 9.17) is 9.47 Å². The molecule has 22 heavy (non-hydrogen) atoms. The molecule has 0 aromatic heterocycles. The third-order valence-corrected chi connectivity index (χ3v) is 4.33. The van der Waals surface area contributed by atoms with Crippen LogP contribution in [0.1, 0.15) is 47.0 Å². The zero-order valence-electron chi connectivity index (χ0n) is 14.6. The minimum Gasteiger partial charge on any atom is -0.444 e. The summed E-state index contributed by atoms with van der Waals surface area (Å²) in [5.74, 6) is 0.853. The maximum atomic E-state index is 12.0. The number of amides is 1. The Morgan fingerprint density at radius 3 is 2.32 bits per heavy atom. The van der Waals surface area contributed by atoms with Gasteiger partial charge in [-0.05, 0) is 46.0 Å². The van der Waals surface area contributed by atoms with Crippen LogP contribution < -0.4 is 0 Å². The molecule has 5 nitrogen and oxygen atoms in total. The number of rotatable bonds is 5. The average Bonchev–Trinajstić information content (AvgIpc) is 2.40. The fraction of sp³-hybridized carbons (Fsp3) is 0.941. The highest BCUT2D eigenvalue weighted by Crippen LogP contribution is 2.29. The van der Waals surface area contributed by atoms with E-state index in [0.29, 0.717) is 6.10 Å². The van der Waals surface area contributed by atoms with E-state index in [2.05, 4.69) is 11.8 Å². The van der Waals surface area contributed by atoms with E-state index >= 15 is 0 Å². The molecule has 1 aliphatic carbocycles. The Morgan fingerprint density at radius 2 is 1.77 bits per heavy atom. The topological polar surface area (TPSA) is 42.0 Å². The average molecular weight is 312 g/mol. The summed E-state index contributed by atoms with van der Waals surface area (Å²) in [4.78, 5) is 16.2. The minimum absolute atomic E-state index is 0.186. The van der Waals surface area contributed by atoms with Crippen LogP contribution in [0.4, 0.5) is 4.79 Å². The summed E-state index contributed by atoms with van der Waals surface area (Å²) >= 11 is 0. The van der Waals surface area contributed by atoms with E-state index in [1.165, 1.54) is 12.8 Å². The van der Waals surface area contributed by atoms with Gasteiger partial charge in [0.2, 0.25) is 0 Å². The van der Waals surface area contributed by atoms with E-state index in [0.717, 1.165) is 51.7 Å². The second-order valence-corrected chi connectivity index (χ2v) is 7.73. The Morgan fingerprint density at radius 1 is 1.14 bits per heavy atom. The number of carbonyl (C=O) groups excluding carboxylic acids is 1. The van der Waals surface area contributed by atoms with Crippen LogP contribution in [0.25, 0.3) is 0 Å². The van der Waals surface area contributed by atoms with Gasteiger partial charge in [-0.1, -0.05) is 6.92 Å². The molecule has 1 heterocycles. The Hall–Kier alpha value is -0.810. The van der Waals surface area contributed by atoms with Crippen LogP contribution in [0.5, 0.6) is 0 Å². The first kappa shape index (κ1) is 17.5. The van der Waals surface area contributed by atoms with Crippen LogP contribution in [0.15, 0.2) is 0 Å². The van der Waals surface area contributed by atoms with Crippen LogP contribution in [0.3, 0.4) is 0 Å². The smallest absolute Gasteiger partial charge is 0.410 e. The maximum Gasteiger partial charge on any atom is 0.410 e. The predicted octanol–water partition coefficient (Wildman–Crippen LogP) is 2.74. The number of carbonyl (C=O) groups is 1. The van der Waals surface area contributed by atoms with Gasteiger partial charge in [0.15, 0.2) is 0 Å². The van der Waals surface area contributed by atoms with Crippen LogP contribution in [0, 0.1) is 5.92 Å². The molecular formula is C17H32N2O3. The SMILES string of the molecule is CC1CC(OCCCN2CCN(C(=O)OC(C)(C)C)CC2)C1. The molecule has 1 amide bonds. The summed E-state index contributed by atoms with van der Waals surface area (Å²) < 4.78 is 11.3. The first-order valence-electron chi connectivity index (χ1n) is 8.65. The summed E-state index contributed by atoms with van der Waals surface area (Å²) in [6.07, 6.45) is 3.87. The Bertz CT molecular complexity index is 353. The normalized spacial score (nSPS) is 26.6. The largest absolute Gasteiger partial charge is 0.444 e. The predicted molar refractivity (Wildman–Crippen MR) is 87.0 cm³/mol. The van der Waals surface area contributed by atoms with Gasteiger partial charge in [0.05, 0.1) is 6.10 Å². The monoisotopic (exact) mass is 312 g/mol. The van der Waals surface area contributed by atoms with Crippen LogP contribution in [-0.2, 0) is 9.47 Å². The number of hydrogen-bond donors (Lipinski definition) is 0. The van der Waals surface area contributed by atoms with Crippen molar-refractivity contribution >= 4 is 6.09 Å². The van der Waals surface area contributed by atoms with Crippen LogP contribution in [-0.4, -0.2) is 66.9 Å². The fourth-order valence-electron chi connectivity index (χ4n) is 2.98. The van der Waals surface area contributed by atoms with Crippen molar-refractivity contribution in [3.05, 3.63) is 0 Å². The molecule has 0 bridgehead atoms. The van der Waals surface area contributed by atoms with Crippen molar-refractivity contribution in [3.63, 3.8) is 0 Å². The zero-order chi connectivity index (χ0) is 16.2. The van der Waals surface area contributed by atoms with Gasteiger partial charge >= 0.3 is 6.09 Å². The van der Waals surface area contributed by atoms with Gasteiger partial charge in [-0.3, -0.25) is 4.90 Å². The molecule has 0 spiro atoms. The van der Waals surface area contributed by atoms with E-state index in [-0.39, 0.29) is 6.09 Å². The van der Waals surface area contributed by atoms with Gasteiger partial charge in [0.25, 0.3) is 0 Å². The van der Waals surface area contributed by atoms with Crippen LogP contribution in [0.2, 0.25) is 0 Å². The summed E-state index contributed by atoms with van der Waals surface area (Å²) in [6.45, 7) is 13.3. The Balaban J connectivity index is 1.54. The molecular weight excluding hydrogens is 280 g/mol. The zero-order valence-corrected chi connectivity index (χ0v) is 14.6. The van der Waals surface area contributed by atoms with Crippen molar-refractivity contribution in [1.82, 2.24) is 9.80 Å². The molecule has 0 atom stereocenters. The summed E-state index contributed by atoms with van der Waals surface area (Å²) in [7, 11) is 0. The molecule has 1 saturated heterocycles. The standard InChI is InChI=1S/C17H32N2O3/c1-14-12-15(13-14)21-11-5-6-18-7-9-19(10-8-18)16(20)22-17(2,3)4/h14-15H,5-13H2,1-4H3. The Labute approximate surface area is 134 Å². The van der Waals surface area contributed by atoms with Gasteiger partial charge in [0.1, 0.15) is 5.60 Å². The number of nitrogens with zero attached hydrogens (tertiary/aromatic N) is 2. The highest BCUT2D eigenvalue weighted by Gasteiger charge is 2.27. The molecule has 0 aromatic rings. The fourth-order valence-corrected chi connectivity index (χ4v) is 2.98. The molecule has 5 heteroatoms. The minimum atomic E-state index is -0.412. The van der Waals surface area contributed by atoms with Crippen molar-refractivity contribution in [3.8, 4) is 0 Å². The summed E-state index contributed by atoms with van der Waals surface area (Å²) in [5.41, 5.74) is -0.412. The third-order valence-electron chi connectivity index (χ3n) is 4.33. The first-order valence-corrected chi connectivity index (χ1v) is 8.65. The molecule has 2 aliphatic rings. The quantitative estimate of drug-likeness (QED) is 0.732.